The standard InChI is InChI=1S/C11H13N3O3.ClH/c1-17-10-5-8(14(15)16)4-9-7(2-3-12)6-13-11(9)10;/h4-6,13H,2-3,12H2,1H3;1H. The maximum atomic E-state index is 10.8. The summed E-state index contributed by atoms with van der Waals surface area (Å²) in [6.07, 6.45) is 2.48. The number of hydrogen-bond acceptors (Lipinski definition) is 4. The number of hydrogen-bond donors (Lipinski definition) is 2. The maximum Gasteiger partial charge on any atom is 0.273 e. The van der Waals surface area contributed by atoms with Gasteiger partial charge in [0.25, 0.3) is 5.69 Å². The van der Waals surface area contributed by atoms with Crippen LogP contribution in [0.4, 0.5) is 5.69 Å². The van der Waals surface area contributed by atoms with Crippen molar-refractivity contribution in [2.24, 2.45) is 5.73 Å². The van der Waals surface area contributed by atoms with Gasteiger partial charge in [-0.1, -0.05) is 0 Å². The molecule has 0 aliphatic rings. The summed E-state index contributed by atoms with van der Waals surface area (Å²) in [5.74, 6) is 0.470. The minimum atomic E-state index is -0.429. The van der Waals surface area contributed by atoms with Gasteiger partial charge in [-0.25, -0.2) is 0 Å². The van der Waals surface area contributed by atoms with Crippen LogP contribution in [0, 0.1) is 10.1 Å². The number of ether oxygens (including phenoxy) is 1. The van der Waals surface area contributed by atoms with E-state index >= 15 is 0 Å². The molecule has 1 aromatic heterocycles. The maximum absolute atomic E-state index is 10.8. The summed E-state index contributed by atoms with van der Waals surface area (Å²) in [7, 11) is 1.49. The third-order valence-corrected chi connectivity index (χ3v) is 2.67. The molecule has 0 atom stereocenters. The van der Waals surface area contributed by atoms with Gasteiger partial charge in [-0.05, 0) is 18.5 Å². The molecule has 0 saturated heterocycles. The van der Waals surface area contributed by atoms with Gasteiger partial charge >= 0.3 is 0 Å². The molecule has 0 unspecified atom stereocenters. The molecule has 2 aromatic rings. The molecule has 0 radical (unpaired) electrons. The highest BCUT2D eigenvalue weighted by Gasteiger charge is 2.15. The number of H-pyrrole nitrogens is 1. The molecule has 1 heterocycles. The minimum absolute atomic E-state index is 0. The first-order valence-corrected chi connectivity index (χ1v) is 5.19. The van der Waals surface area contributed by atoms with Crippen LogP contribution < -0.4 is 10.5 Å². The van der Waals surface area contributed by atoms with Gasteiger partial charge in [0.2, 0.25) is 0 Å². The van der Waals surface area contributed by atoms with Crippen molar-refractivity contribution in [2.75, 3.05) is 13.7 Å². The Hall–Kier alpha value is -1.79. The number of non-ortho nitro benzene ring substituents is 1. The van der Waals surface area contributed by atoms with Crippen LogP contribution >= 0.6 is 12.4 Å². The molecule has 18 heavy (non-hydrogen) atoms. The summed E-state index contributed by atoms with van der Waals surface area (Å²) in [5.41, 5.74) is 7.25. The lowest BCUT2D eigenvalue weighted by Gasteiger charge is -2.02. The quantitative estimate of drug-likeness (QED) is 0.657. The van der Waals surface area contributed by atoms with Crippen LogP contribution in [0.3, 0.4) is 0 Å². The normalized spacial score (nSPS) is 10.1. The molecular weight excluding hydrogens is 258 g/mol. The summed E-state index contributed by atoms with van der Waals surface area (Å²) in [4.78, 5) is 13.4. The average Bonchev–Trinajstić information content (AvgIpc) is 2.72. The number of nitrogens with zero attached hydrogens (tertiary/aromatic N) is 1. The van der Waals surface area contributed by atoms with Crippen molar-refractivity contribution in [2.45, 2.75) is 6.42 Å². The van der Waals surface area contributed by atoms with Crippen LogP contribution in [-0.4, -0.2) is 23.6 Å². The average molecular weight is 272 g/mol. The van der Waals surface area contributed by atoms with Crippen LogP contribution in [0.15, 0.2) is 18.3 Å². The van der Waals surface area contributed by atoms with E-state index in [0.717, 1.165) is 16.5 Å². The van der Waals surface area contributed by atoms with E-state index in [4.69, 9.17) is 10.5 Å². The van der Waals surface area contributed by atoms with E-state index < -0.39 is 4.92 Å². The summed E-state index contributed by atoms with van der Waals surface area (Å²) in [6, 6.07) is 2.95. The molecule has 0 spiro atoms. The number of halogens is 1. The SMILES string of the molecule is COc1cc([N+](=O)[O-])cc2c(CCN)c[nH]c12.Cl. The molecular formula is C11H14ClN3O3. The highest BCUT2D eigenvalue weighted by molar-refractivity contribution is 5.90. The molecule has 0 saturated carbocycles. The molecule has 3 N–H and O–H groups in total. The molecule has 0 aliphatic carbocycles. The van der Waals surface area contributed by atoms with E-state index in [0.29, 0.717) is 18.7 Å². The van der Waals surface area contributed by atoms with Crippen molar-refractivity contribution in [3.8, 4) is 5.75 Å². The monoisotopic (exact) mass is 271 g/mol. The fourth-order valence-corrected chi connectivity index (χ4v) is 1.87. The van der Waals surface area contributed by atoms with Crippen molar-refractivity contribution in [3.63, 3.8) is 0 Å². The summed E-state index contributed by atoms with van der Waals surface area (Å²) in [5, 5.41) is 11.6. The number of fused-ring (bicyclic) bond motifs is 1. The predicted molar refractivity (Wildman–Crippen MR) is 71.5 cm³/mol. The Morgan fingerprint density at radius 3 is 2.78 bits per heavy atom. The Morgan fingerprint density at radius 2 is 2.22 bits per heavy atom. The molecule has 98 valence electrons. The zero-order valence-corrected chi connectivity index (χ0v) is 10.6. The highest BCUT2D eigenvalue weighted by atomic mass is 35.5. The van der Waals surface area contributed by atoms with E-state index in [1.165, 1.54) is 13.2 Å². The van der Waals surface area contributed by atoms with E-state index in [9.17, 15) is 10.1 Å². The summed E-state index contributed by atoms with van der Waals surface area (Å²) in [6.45, 7) is 0.498. The first kappa shape index (κ1) is 14.3. The van der Waals surface area contributed by atoms with E-state index in [-0.39, 0.29) is 18.1 Å². The number of aromatic amines is 1. The smallest absolute Gasteiger partial charge is 0.273 e. The Kier molecular flexibility index (Phi) is 4.52. The van der Waals surface area contributed by atoms with Gasteiger partial charge in [-0.15, -0.1) is 12.4 Å². The number of nitro groups is 1. The number of nitrogens with two attached hydrogens (primary N) is 1. The lowest BCUT2D eigenvalue weighted by Crippen LogP contribution is -2.02. The Labute approximate surface area is 110 Å². The first-order chi connectivity index (χ1) is 8.17. The topological polar surface area (TPSA) is 94.2 Å². The second kappa shape index (κ2) is 5.70. The second-order valence-corrected chi connectivity index (χ2v) is 3.68. The zero-order chi connectivity index (χ0) is 12.4. The van der Waals surface area contributed by atoms with E-state index in [1.807, 2.05) is 6.20 Å². The van der Waals surface area contributed by atoms with Crippen LogP contribution in [0.1, 0.15) is 5.56 Å². The Balaban J connectivity index is 0.00000162. The van der Waals surface area contributed by atoms with Crippen LogP contribution in [0.2, 0.25) is 0 Å². The van der Waals surface area contributed by atoms with Gasteiger partial charge in [0.15, 0.2) is 0 Å². The number of rotatable bonds is 4. The molecule has 0 bridgehead atoms. The molecule has 7 heteroatoms. The predicted octanol–water partition coefficient (Wildman–Crippen LogP) is 2.01. The zero-order valence-electron chi connectivity index (χ0n) is 9.80. The number of methoxy groups -OCH3 is 1. The van der Waals surface area contributed by atoms with E-state index in [2.05, 4.69) is 4.98 Å². The molecule has 0 fully saturated rings. The molecule has 0 aliphatic heterocycles. The number of nitro benzene ring substituents is 1. The molecule has 2 rings (SSSR count). The van der Waals surface area contributed by atoms with Gasteiger partial charge in [-0.2, -0.15) is 0 Å². The number of benzene rings is 1. The minimum Gasteiger partial charge on any atom is -0.494 e. The van der Waals surface area contributed by atoms with Gasteiger partial charge in [0, 0.05) is 17.6 Å². The lowest BCUT2D eigenvalue weighted by molar-refractivity contribution is -0.384. The van der Waals surface area contributed by atoms with Gasteiger partial charge in [0.05, 0.1) is 23.6 Å². The van der Waals surface area contributed by atoms with Crippen LogP contribution in [0.25, 0.3) is 10.9 Å². The lowest BCUT2D eigenvalue weighted by atomic mass is 10.1. The van der Waals surface area contributed by atoms with Gasteiger partial charge in [-0.3, -0.25) is 10.1 Å². The summed E-state index contributed by atoms with van der Waals surface area (Å²) >= 11 is 0. The molecule has 0 amide bonds. The molecule has 1 aromatic carbocycles. The fourth-order valence-electron chi connectivity index (χ4n) is 1.87. The third kappa shape index (κ3) is 2.39. The Bertz CT molecular complexity index is 568. The number of aromatic nitrogens is 1. The Morgan fingerprint density at radius 1 is 1.50 bits per heavy atom. The first-order valence-electron chi connectivity index (χ1n) is 5.19. The van der Waals surface area contributed by atoms with Gasteiger partial charge in [0.1, 0.15) is 5.75 Å². The summed E-state index contributed by atoms with van der Waals surface area (Å²) < 4.78 is 5.14. The fraction of sp³-hybridized carbons (Fsp3) is 0.273. The van der Waals surface area contributed by atoms with E-state index in [1.54, 1.807) is 6.07 Å². The molecule has 6 nitrogen and oxygen atoms in total. The van der Waals surface area contributed by atoms with Crippen molar-refractivity contribution in [1.82, 2.24) is 4.98 Å². The number of nitrogens with one attached hydrogen (secondary N) is 1. The largest absolute Gasteiger partial charge is 0.494 e. The van der Waals surface area contributed by atoms with Gasteiger partial charge < -0.3 is 15.5 Å². The van der Waals surface area contributed by atoms with Crippen molar-refractivity contribution < 1.29 is 9.66 Å². The van der Waals surface area contributed by atoms with Crippen LogP contribution in [-0.2, 0) is 6.42 Å². The third-order valence-electron chi connectivity index (χ3n) is 2.67. The van der Waals surface area contributed by atoms with Crippen molar-refractivity contribution >= 4 is 29.0 Å². The second-order valence-electron chi connectivity index (χ2n) is 3.68. The van der Waals surface area contributed by atoms with Crippen LogP contribution in [0.5, 0.6) is 5.75 Å². The highest BCUT2D eigenvalue weighted by Crippen LogP contribution is 2.32. The van der Waals surface area contributed by atoms with Crippen molar-refractivity contribution in [3.05, 3.63) is 34.0 Å². The van der Waals surface area contributed by atoms with Crippen molar-refractivity contribution in [1.29, 1.82) is 0 Å².